The normalized spacial score (nSPS) is 20.0. The fourth-order valence-corrected chi connectivity index (χ4v) is 9.05. The van der Waals surface area contributed by atoms with Crippen LogP contribution >= 0.6 is 0 Å². The highest BCUT2D eigenvalue weighted by atomic mass is 16.2. The van der Waals surface area contributed by atoms with Crippen LogP contribution in [0.5, 0.6) is 0 Å². The first-order valence-electron chi connectivity index (χ1n) is 21.5. The van der Waals surface area contributed by atoms with Crippen molar-refractivity contribution in [2.45, 2.75) is 152 Å². The van der Waals surface area contributed by atoms with Crippen LogP contribution in [-0.4, -0.2) is 82.5 Å². The molecular formula is C44H66N8O5. The Balaban J connectivity index is 1.37. The van der Waals surface area contributed by atoms with Crippen LogP contribution in [0.15, 0.2) is 42.6 Å². The molecule has 2 aliphatic carbocycles. The maximum Gasteiger partial charge on any atom is 0.245 e. The van der Waals surface area contributed by atoms with Crippen LogP contribution in [-0.2, 0) is 27.3 Å². The summed E-state index contributed by atoms with van der Waals surface area (Å²) < 4.78 is 0. The number of likely N-dealkylation sites (tertiary alicyclic amines) is 1. The van der Waals surface area contributed by atoms with Crippen molar-refractivity contribution in [3.05, 3.63) is 65.0 Å². The summed E-state index contributed by atoms with van der Waals surface area (Å²) in [6.07, 6.45) is 16.4. The molecule has 0 radical (unpaired) electrons. The highest BCUT2D eigenvalue weighted by Crippen LogP contribution is 2.30. The van der Waals surface area contributed by atoms with Crippen molar-refractivity contribution in [1.29, 1.82) is 0 Å². The maximum atomic E-state index is 14.7. The molecule has 13 nitrogen and oxygen atoms in total. The van der Waals surface area contributed by atoms with Gasteiger partial charge in [-0.25, -0.2) is 0 Å². The van der Waals surface area contributed by atoms with Crippen molar-refractivity contribution in [2.75, 3.05) is 13.1 Å². The van der Waals surface area contributed by atoms with Gasteiger partial charge >= 0.3 is 0 Å². The molecule has 312 valence electrons. The summed E-state index contributed by atoms with van der Waals surface area (Å²) in [7, 11) is 0. The molecule has 2 heterocycles. The lowest BCUT2D eigenvalue weighted by molar-refractivity contribution is -0.137. The quantitative estimate of drug-likeness (QED) is 0.0839. The number of nitrogens with zero attached hydrogens (tertiary/aromatic N) is 2. The molecule has 1 saturated heterocycles. The molecule has 0 unspecified atom stereocenters. The molecule has 3 aliphatic rings. The molecule has 57 heavy (non-hydrogen) atoms. The van der Waals surface area contributed by atoms with Crippen LogP contribution in [0.3, 0.4) is 0 Å². The van der Waals surface area contributed by atoms with Crippen molar-refractivity contribution < 1.29 is 24.0 Å². The highest BCUT2D eigenvalue weighted by Gasteiger charge is 2.40. The van der Waals surface area contributed by atoms with E-state index < -0.39 is 36.1 Å². The Morgan fingerprint density at radius 1 is 0.754 bits per heavy atom. The van der Waals surface area contributed by atoms with Gasteiger partial charge in [0.1, 0.15) is 11.7 Å². The number of benzene rings is 1. The van der Waals surface area contributed by atoms with Gasteiger partial charge in [0.25, 0.3) is 0 Å². The van der Waals surface area contributed by atoms with Crippen LogP contribution in [0.2, 0.25) is 0 Å². The summed E-state index contributed by atoms with van der Waals surface area (Å²) >= 11 is 0. The molecule has 1 aliphatic heterocycles. The second kappa shape index (κ2) is 22.2. The molecule has 5 atom stereocenters. The lowest BCUT2D eigenvalue weighted by atomic mass is 9.83. The highest BCUT2D eigenvalue weighted by molar-refractivity contribution is 6.07. The molecule has 0 bridgehead atoms. The zero-order chi connectivity index (χ0) is 40.7. The van der Waals surface area contributed by atoms with Gasteiger partial charge in [0, 0.05) is 30.4 Å². The number of aromatic nitrogens is 1. The number of amides is 3. The van der Waals surface area contributed by atoms with Gasteiger partial charge in [-0.05, 0) is 81.4 Å². The number of Topliss-reactive ketones (excluding diaryl/α,β-unsaturated/α-hetero) is 2. The van der Waals surface area contributed by atoms with Crippen LogP contribution in [0.25, 0.3) is 0 Å². The summed E-state index contributed by atoms with van der Waals surface area (Å²) in [5, 5.41) is 5.81. The third-order valence-electron chi connectivity index (χ3n) is 12.3. The molecule has 2 saturated carbocycles. The van der Waals surface area contributed by atoms with Crippen LogP contribution in [0.1, 0.15) is 141 Å². The van der Waals surface area contributed by atoms with Crippen molar-refractivity contribution in [3.63, 3.8) is 0 Å². The molecule has 0 spiro atoms. The van der Waals surface area contributed by atoms with E-state index in [1.54, 1.807) is 6.07 Å². The Morgan fingerprint density at radius 3 is 2.05 bits per heavy atom. The minimum atomic E-state index is -0.906. The number of hydrogen-bond acceptors (Lipinski definition) is 10. The average Bonchev–Trinajstić information content (AvgIpc) is 3.73. The Labute approximate surface area is 338 Å². The van der Waals surface area contributed by atoms with Gasteiger partial charge in [-0.15, -0.1) is 0 Å². The number of carbonyl (C=O) groups is 5. The number of pyridine rings is 1. The molecule has 3 amide bonds. The van der Waals surface area contributed by atoms with E-state index in [0.717, 1.165) is 56.9 Å². The molecule has 1 aromatic heterocycles. The molecule has 3 fully saturated rings. The summed E-state index contributed by atoms with van der Waals surface area (Å²) in [6.45, 7) is 0.617. The number of unbranched alkanes of at least 4 members (excludes halogenated alkanes) is 1. The van der Waals surface area contributed by atoms with E-state index in [4.69, 9.17) is 22.9 Å². The smallest absolute Gasteiger partial charge is 0.245 e. The SMILES string of the molecule is NCCCC[C@H](NC(=O)[C@@H](N)Cc1ccccc1)C(=O)N1CCC[C@H]1C(=O)c1ccnc(C(=O)[C@H](N)CC2CCCCC2)c1CNC(=O)[C@@H](N)CC1CCCCC1. The minimum Gasteiger partial charge on any atom is -0.351 e. The van der Waals surface area contributed by atoms with Gasteiger partial charge in [-0.3, -0.25) is 29.0 Å². The van der Waals surface area contributed by atoms with Gasteiger partial charge in [0.05, 0.1) is 24.2 Å². The van der Waals surface area contributed by atoms with Gasteiger partial charge in [0.15, 0.2) is 11.6 Å². The lowest BCUT2D eigenvalue weighted by Gasteiger charge is -2.30. The van der Waals surface area contributed by atoms with Gasteiger partial charge in [0.2, 0.25) is 17.7 Å². The zero-order valence-electron chi connectivity index (χ0n) is 33.7. The summed E-state index contributed by atoms with van der Waals surface area (Å²) in [5.74, 6) is -1.18. The Morgan fingerprint density at radius 2 is 1.40 bits per heavy atom. The number of rotatable bonds is 20. The third-order valence-corrected chi connectivity index (χ3v) is 12.3. The van der Waals surface area contributed by atoms with E-state index in [2.05, 4.69) is 15.6 Å². The van der Waals surface area contributed by atoms with Crippen molar-refractivity contribution in [3.8, 4) is 0 Å². The topological polar surface area (TPSA) is 230 Å². The third kappa shape index (κ3) is 12.5. The Kier molecular flexibility index (Phi) is 17.2. The molecular weight excluding hydrogens is 721 g/mol. The minimum absolute atomic E-state index is 0.0560. The monoisotopic (exact) mass is 787 g/mol. The number of nitrogens with two attached hydrogens (primary N) is 4. The predicted molar refractivity (Wildman–Crippen MR) is 221 cm³/mol. The van der Waals surface area contributed by atoms with E-state index in [1.807, 2.05) is 30.3 Å². The molecule has 13 heteroatoms. The zero-order valence-corrected chi connectivity index (χ0v) is 33.7. The van der Waals surface area contributed by atoms with Gasteiger partial charge < -0.3 is 38.5 Å². The second-order valence-electron chi connectivity index (χ2n) is 16.7. The summed E-state index contributed by atoms with van der Waals surface area (Å²) in [4.78, 5) is 75.9. The second-order valence-corrected chi connectivity index (χ2v) is 16.7. The average molecular weight is 787 g/mol. The van der Waals surface area contributed by atoms with E-state index in [1.165, 1.54) is 23.9 Å². The van der Waals surface area contributed by atoms with Crippen molar-refractivity contribution >= 4 is 29.3 Å². The van der Waals surface area contributed by atoms with Crippen molar-refractivity contribution in [2.24, 2.45) is 34.8 Å². The molecule has 5 rings (SSSR count). The first-order valence-corrected chi connectivity index (χ1v) is 21.5. The first-order chi connectivity index (χ1) is 27.6. The Hall–Kier alpha value is -4.04. The number of hydrogen-bond donors (Lipinski definition) is 6. The standard InChI is InChI=1S/C44H66N8O5/c45-22-11-10-19-37(51-43(56)36(48)27-31-17-8-3-9-18-31)44(57)52-24-12-20-38(52)40(53)32-21-23-49-39(41(54)34(46)25-29-13-4-1-5-14-29)33(32)28-50-42(55)35(47)26-30-15-6-2-7-16-30/h3,8-9,17-18,21,23,29-30,34-38H,1-2,4-7,10-16,19-20,22,24-28,45-48H2,(H,50,55)(H,51,56)/t34-,35+,36+,37+,38+/m1/s1. The fraction of sp³-hybridized carbons (Fsp3) is 0.636. The van der Waals surface area contributed by atoms with Crippen LogP contribution < -0.4 is 33.6 Å². The molecule has 2 aromatic rings. The van der Waals surface area contributed by atoms with Crippen LogP contribution in [0.4, 0.5) is 0 Å². The van der Waals surface area contributed by atoms with E-state index in [9.17, 15) is 24.0 Å². The summed E-state index contributed by atoms with van der Waals surface area (Å²) in [6, 6.07) is 6.81. The van der Waals surface area contributed by atoms with E-state index in [0.29, 0.717) is 76.3 Å². The maximum absolute atomic E-state index is 14.7. The molecule has 1 aromatic carbocycles. The first kappa shape index (κ1) is 44.1. The number of ketones is 2. The fourth-order valence-electron chi connectivity index (χ4n) is 9.05. The van der Waals surface area contributed by atoms with Crippen LogP contribution in [0, 0.1) is 11.8 Å². The largest absolute Gasteiger partial charge is 0.351 e. The molecule has 10 N–H and O–H groups in total. The predicted octanol–water partition coefficient (Wildman–Crippen LogP) is 3.83. The van der Waals surface area contributed by atoms with E-state index >= 15 is 0 Å². The number of nitrogens with one attached hydrogen (secondary N) is 2. The van der Waals surface area contributed by atoms with Gasteiger partial charge in [-0.1, -0.05) is 94.5 Å². The van der Waals surface area contributed by atoms with Crippen molar-refractivity contribution in [1.82, 2.24) is 20.5 Å². The lowest BCUT2D eigenvalue weighted by Crippen LogP contribution is -2.55. The van der Waals surface area contributed by atoms with E-state index in [-0.39, 0.29) is 46.7 Å². The van der Waals surface area contributed by atoms with Gasteiger partial charge in [-0.2, -0.15) is 0 Å². The summed E-state index contributed by atoms with van der Waals surface area (Å²) in [5.41, 5.74) is 26.5. The number of carbonyl (C=O) groups excluding carboxylic acids is 5. The Bertz CT molecular complexity index is 1640.